The van der Waals surface area contributed by atoms with Crippen LogP contribution in [0.5, 0.6) is 0 Å². The molecule has 0 aliphatic heterocycles. The van der Waals surface area contributed by atoms with E-state index in [9.17, 15) is 0 Å². The van der Waals surface area contributed by atoms with Crippen LogP contribution in [-0.4, -0.2) is 28.8 Å². The van der Waals surface area contributed by atoms with Crippen LogP contribution in [0.15, 0.2) is 24.3 Å². The van der Waals surface area contributed by atoms with Gasteiger partial charge in [0.1, 0.15) is 5.82 Å². The van der Waals surface area contributed by atoms with Crippen LogP contribution in [0.25, 0.3) is 11.0 Å². The van der Waals surface area contributed by atoms with E-state index in [0.717, 1.165) is 37.6 Å². The molecule has 1 aromatic heterocycles. The van der Waals surface area contributed by atoms with Crippen LogP contribution in [0.1, 0.15) is 26.6 Å². The Bertz CT molecular complexity index is 521. The average Bonchev–Trinajstić information content (AvgIpc) is 2.76. The molecule has 0 aliphatic carbocycles. The van der Waals surface area contributed by atoms with Crippen molar-refractivity contribution in [1.29, 1.82) is 0 Å². The molecule has 1 unspecified atom stereocenters. The third kappa shape index (κ3) is 3.33. The van der Waals surface area contributed by atoms with Gasteiger partial charge in [0.05, 0.1) is 23.7 Å². The smallest absolute Gasteiger partial charge is 0.123 e. The fourth-order valence-electron chi connectivity index (χ4n) is 2.34. The van der Waals surface area contributed by atoms with Crippen molar-refractivity contribution >= 4 is 11.0 Å². The SMILES string of the molecule is CCOC(C)CNCc1nc2ccccc2n1CC. The molecule has 0 spiro atoms. The second-order valence-electron chi connectivity index (χ2n) is 4.66. The molecule has 0 saturated carbocycles. The number of aromatic nitrogens is 2. The number of para-hydroxylation sites is 2. The van der Waals surface area contributed by atoms with Crippen molar-refractivity contribution in [2.24, 2.45) is 0 Å². The minimum absolute atomic E-state index is 0.240. The first kappa shape index (κ1) is 14.0. The molecule has 4 heteroatoms. The highest BCUT2D eigenvalue weighted by atomic mass is 16.5. The molecule has 2 aromatic rings. The van der Waals surface area contributed by atoms with E-state index < -0.39 is 0 Å². The van der Waals surface area contributed by atoms with Crippen LogP contribution in [-0.2, 0) is 17.8 Å². The van der Waals surface area contributed by atoms with Gasteiger partial charge >= 0.3 is 0 Å². The summed E-state index contributed by atoms with van der Waals surface area (Å²) in [6, 6.07) is 8.28. The van der Waals surface area contributed by atoms with Gasteiger partial charge in [0, 0.05) is 19.7 Å². The highest BCUT2D eigenvalue weighted by Gasteiger charge is 2.09. The predicted octanol–water partition coefficient (Wildman–Crippen LogP) is 2.57. The monoisotopic (exact) mass is 261 g/mol. The van der Waals surface area contributed by atoms with E-state index in [-0.39, 0.29) is 6.10 Å². The van der Waals surface area contributed by atoms with Crippen LogP contribution in [0.3, 0.4) is 0 Å². The molecule has 0 saturated heterocycles. The number of benzene rings is 1. The molecule has 1 atom stereocenters. The lowest BCUT2D eigenvalue weighted by Crippen LogP contribution is -2.27. The molecule has 0 aliphatic rings. The minimum atomic E-state index is 0.240. The lowest BCUT2D eigenvalue weighted by molar-refractivity contribution is 0.0758. The first-order chi connectivity index (χ1) is 9.26. The summed E-state index contributed by atoms with van der Waals surface area (Å²) in [6.07, 6.45) is 0.240. The minimum Gasteiger partial charge on any atom is -0.377 e. The Morgan fingerprint density at radius 1 is 1.32 bits per heavy atom. The van der Waals surface area contributed by atoms with Gasteiger partial charge < -0.3 is 14.6 Å². The molecule has 0 bridgehead atoms. The fraction of sp³-hybridized carbons (Fsp3) is 0.533. The van der Waals surface area contributed by atoms with Gasteiger partial charge in [0.25, 0.3) is 0 Å². The molecular formula is C15H23N3O. The number of imidazole rings is 1. The van der Waals surface area contributed by atoms with Crippen molar-refractivity contribution in [2.75, 3.05) is 13.2 Å². The number of nitrogens with zero attached hydrogens (tertiary/aromatic N) is 2. The summed E-state index contributed by atoms with van der Waals surface area (Å²) in [6.45, 7) is 9.59. The molecule has 4 nitrogen and oxygen atoms in total. The van der Waals surface area contributed by atoms with Gasteiger partial charge in [-0.3, -0.25) is 0 Å². The molecule has 1 heterocycles. The first-order valence-electron chi connectivity index (χ1n) is 7.02. The molecule has 0 radical (unpaired) electrons. The van der Waals surface area contributed by atoms with E-state index in [1.807, 2.05) is 13.0 Å². The lowest BCUT2D eigenvalue weighted by atomic mass is 10.3. The second-order valence-corrected chi connectivity index (χ2v) is 4.66. The lowest BCUT2D eigenvalue weighted by Gasteiger charge is -2.13. The zero-order chi connectivity index (χ0) is 13.7. The number of rotatable bonds is 7. The number of fused-ring (bicyclic) bond motifs is 1. The zero-order valence-electron chi connectivity index (χ0n) is 12.0. The maximum Gasteiger partial charge on any atom is 0.123 e. The zero-order valence-corrected chi connectivity index (χ0v) is 12.0. The van der Waals surface area contributed by atoms with E-state index in [1.165, 1.54) is 5.52 Å². The highest BCUT2D eigenvalue weighted by molar-refractivity contribution is 5.75. The second kappa shape index (κ2) is 6.68. The van der Waals surface area contributed by atoms with Crippen molar-refractivity contribution in [1.82, 2.24) is 14.9 Å². The maximum atomic E-state index is 5.51. The summed E-state index contributed by atoms with van der Waals surface area (Å²) < 4.78 is 7.76. The van der Waals surface area contributed by atoms with E-state index >= 15 is 0 Å². The van der Waals surface area contributed by atoms with Crippen LogP contribution in [0.2, 0.25) is 0 Å². The number of hydrogen-bond donors (Lipinski definition) is 1. The molecule has 1 aromatic carbocycles. The molecule has 2 rings (SSSR count). The summed E-state index contributed by atoms with van der Waals surface area (Å²) in [4.78, 5) is 4.69. The molecule has 0 fully saturated rings. The quantitative estimate of drug-likeness (QED) is 0.832. The number of nitrogens with one attached hydrogen (secondary N) is 1. The third-order valence-corrected chi connectivity index (χ3v) is 3.22. The van der Waals surface area contributed by atoms with E-state index in [2.05, 4.69) is 46.9 Å². The first-order valence-corrected chi connectivity index (χ1v) is 7.02. The van der Waals surface area contributed by atoms with Gasteiger partial charge in [0.15, 0.2) is 0 Å². The summed E-state index contributed by atoms with van der Waals surface area (Å²) >= 11 is 0. The standard InChI is InChI=1S/C15H23N3O/c1-4-18-14-9-7-6-8-13(14)17-15(18)11-16-10-12(3)19-5-2/h6-9,12,16H,4-5,10-11H2,1-3H3. The highest BCUT2D eigenvalue weighted by Crippen LogP contribution is 2.15. The summed E-state index contributed by atoms with van der Waals surface area (Å²) in [5, 5.41) is 3.41. The predicted molar refractivity (Wildman–Crippen MR) is 78.2 cm³/mol. The third-order valence-electron chi connectivity index (χ3n) is 3.22. The Hall–Kier alpha value is -1.39. The van der Waals surface area contributed by atoms with Crippen molar-refractivity contribution in [3.8, 4) is 0 Å². The van der Waals surface area contributed by atoms with Crippen molar-refractivity contribution in [2.45, 2.75) is 40.0 Å². The van der Waals surface area contributed by atoms with Crippen LogP contribution >= 0.6 is 0 Å². The Morgan fingerprint density at radius 2 is 2.11 bits per heavy atom. The topological polar surface area (TPSA) is 39.1 Å². The summed E-state index contributed by atoms with van der Waals surface area (Å²) in [5.41, 5.74) is 2.28. The Morgan fingerprint density at radius 3 is 2.84 bits per heavy atom. The van der Waals surface area contributed by atoms with E-state index in [1.54, 1.807) is 0 Å². The van der Waals surface area contributed by atoms with Gasteiger partial charge in [-0.2, -0.15) is 0 Å². The van der Waals surface area contributed by atoms with E-state index in [4.69, 9.17) is 4.74 Å². The summed E-state index contributed by atoms with van der Waals surface area (Å²) in [7, 11) is 0. The molecule has 1 N–H and O–H groups in total. The Labute approximate surface area is 114 Å². The molecule has 0 amide bonds. The number of aryl methyl sites for hydroxylation is 1. The summed E-state index contributed by atoms with van der Waals surface area (Å²) in [5.74, 6) is 1.09. The van der Waals surface area contributed by atoms with Gasteiger partial charge in [-0.15, -0.1) is 0 Å². The maximum absolute atomic E-state index is 5.51. The molecule has 19 heavy (non-hydrogen) atoms. The Kier molecular flexibility index (Phi) is 4.93. The normalized spacial score (nSPS) is 13.0. The fourth-order valence-corrected chi connectivity index (χ4v) is 2.34. The number of hydrogen-bond acceptors (Lipinski definition) is 3. The number of ether oxygens (including phenoxy) is 1. The largest absolute Gasteiger partial charge is 0.377 e. The molecule has 104 valence electrons. The van der Waals surface area contributed by atoms with Crippen molar-refractivity contribution in [3.05, 3.63) is 30.1 Å². The van der Waals surface area contributed by atoms with Crippen LogP contribution < -0.4 is 5.32 Å². The van der Waals surface area contributed by atoms with Crippen LogP contribution in [0.4, 0.5) is 0 Å². The van der Waals surface area contributed by atoms with Gasteiger partial charge in [0.2, 0.25) is 0 Å². The van der Waals surface area contributed by atoms with E-state index in [0.29, 0.717) is 0 Å². The van der Waals surface area contributed by atoms with Gasteiger partial charge in [-0.1, -0.05) is 12.1 Å². The molecular weight excluding hydrogens is 238 g/mol. The van der Waals surface area contributed by atoms with Crippen LogP contribution in [0, 0.1) is 0 Å². The van der Waals surface area contributed by atoms with Crippen molar-refractivity contribution < 1.29 is 4.74 Å². The average molecular weight is 261 g/mol. The Balaban J connectivity index is 2.04. The van der Waals surface area contributed by atoms with Gasteiger partial charge in [-0.25, -0.2) is 4.98 Å². The van der Waals surface area contributed by atoms with Crippen molar-refractivity contribution in [3.63, 3.8) is 0 Å². The van der Waals surface area contributed by atoms with Gasteiger partial charge in [-0.05, 0) is 32.9 Å².